The molecule has 6 nitrogen and oxygen atoms in total. The lowest BCUT2D eigenvalue weighted by atomic mass is 9.70. The number of carbonyl (C=O) groups excluding carboxylic acids is 1. The van der Waals surface area contributed by atoms with Gasteiger partial charge in [0.25, 0.3) is 0 Å². The van der Waals surface area contributed by atoms with Crippen molar-refractivity contribution < 1.29 is 15.0 Å². The zero-order chi connectivity index (χ0) is 19.1. The zero-order valence-corrected chi connectivity index (χ0v) is 18.4. The van der Waals surface area contributed by atoms with Crippen LogP contribution in [0.15, 0.2) is 31.1 Å². The first-order chi connectivity index (χ1) is 12.8. The van der Waals surface area contributed by atoms with E-state index in [-0.39, 0.29) is 11.5 Å². The normalized spacial score (nSPS) is 24.4. The Bertz CT molecular complexity index is 1140. The topological polar surface area (TPSA) is 94.3 Å². The molecule has 0 radical (unpaired) electrons. The highest BCUT2D eigenvalue weighted by Gasteiger charge is 2.44. The minimum absolute atomic E-state index is 0.0168. The van der Waals surface area contributed by atoms with Crippen LogP contribution in [0.25, 0.3) is 5.57 Å². The van der Waals surface area contributed by atoms with Gasteiger partial charge in [-0.3, -0.25) is 9.79 Å². The number of nitrogens with zero attached hydrogens (tertiary/aromatic N) is 2. The lowest BCUT2D eigenvalue weighted by Gasteiger charge is -2.40. The average Bonchev–Trinajstić information content (AvgIpc) is 2.95. The summed E-state index contributed by atoms with van der Waals surface area (Å²) >= 11 is 10.2. The monoisotopic (exact) mass is 555 g/mol. The molecule has 1 aliphatic carbocycles. The predicted molar refractivity (Wildman–Crippen MR) is 113 cm³/mol. The number of phenols is 1. The van der Waals surface area contributed by atoms with Gasteiger partial charge in [0.2, 0.25) is 5.78 Å². The Kier molecular flexibility index (Phi) is 3.86. The van der Waals surface area contributed by atoms with Crippen LogP contribution in [0.4, 0.5) is 11.4 Å². The van der Waals surface area contributed by atoms with Gasteiger partial charge in [-0.1, -0.05) is 12.2 Å². The van der Waals surface area contributed by atoms with E-state index < -0.39 is 11.6 Å². The number of fused-ring (bicyclic) bond motifs is 3. The number of rotatable bonds is 0. The molecular formula is C18H12Br3N3O3. The van der Waals surface area contributed by atoms with Crippen molar-refractivity contribution in [3.63, 3.8) is 0 Å². The molecule has 0 saturated heterocycles. The van der Waals surface area contributed by atoms with Crippen LogP contribution >= 0.6 is 47.8 Å². The third kappa shape index (κ3) is 2.35. The van der Waals surface area contributed by atoms with Crippen molar-refractivity contribution in [3.8, 4) is 5.75 Å². The number of hydrogen-bond acceptors (Lipinski definition) is 6. The molecule has 0 fully saturated rings. The van der Waals surface area contributed by atoms with Gasteiger partial charge < -0.3 is 15.5 Å². The van der Waals surface area contributed by atoms with Gasteiger partial charge in [-0.25, -0.2) is 4.99 Å². The van der Waals surface area contributed by atoms with Gasteiger partial charge >= 0.3 is 0 Å². The molecule has 0 bridgehead atoms. The molecule has 0 saturated carbocycles. The van der Waals surface area contributed by atoms with Gasteiger partial charge in [-0.2, -0.15) is 0 Å². The van der Waals surface area contributed by atoms with Crippen LogP contribution in [-0.4, -0.2) is 33.4 Å². The van der Waals surface area contributed by atoms with Crippen LogP contribution < -0.4 is 15.9 Å². The second-order valence-electron chi connectivity index (χ2n) is 6.90. The maximum absolute atomic E-state index is 12.2. The number of allylic oxidation sites excluding steroid dienone is 4. The fourth-order valence-electron chi connectivity index (χ4n) is 4.27. The summed E-state index contributed by atoms with van der Waals surface area (Å²) in [6, 6.07) is 0. The van der Waals surface area contributed by atoms with E-state index in [9.17, 15) is 15.0 Å². The molecule has 27 heavy (non-hydrogen) atoms. The third-order valence-electron chi connectivity index (χ3n) is 5.32. The van der Waals surface area contributed by atoms with E-state index >= 15 is 0 Å². The number of nitrogens with one attached hydrogen (secondary N) is 1. The first kappa shape index (κ1) is 17.8. The molecule has 3 N–H and O–H groups in total. The van der Waals surface area contributed by atoms with Crippen molar-refractivity contribution in [1.82, 2.24) is 0 Å². The lowest BCUT2D eigenvalue weighted by Crippen LogP contribution is -2.47. The smallest absolute Gasteiger partial charge is 0.206 e. The van der Waals surface area contributed by atoms with Crippen molar-refractivity contribution in [2.45, 2.75) is 24.5 Å². The SMILES string of the molecule is O=C1C(Br)=CC2(C=C1Br)CC(O)Nc1c(O)c3c4c(c12)=NCCC=4C(Br)=N3. The minimum atomic E-state index is -0.907. The maximum atomic E-state index is 12.2. The third-order valence-corrected chi connectivity index (χ3v) is 7.16. The summed E-state index contributed by atoms with van der Waals surface area (Å²) in [4.78, 5) is 21.5. The molecule has 5 rings (SSSR count). The number of anilines is 1. The van der Waals surface area contributed by atoms with E-state index in [2.05, 4.69) is 58.1 Å². The van der Waals surface area contributed by atoms with Crippen LogP contribution in [0.1, 0.15) is 18.4 Å². The van der Waals surface area contributed by atoms with Crippen LogP contribution in [-0.2, 0) is 10.2 Å². The van der Waals surface area contributed by atoms with Crippen molar-refractivity contribution in [2.24, 2.45) is 9.98 Å². The molecule has 1 spiro atoms. The van der Waals surface area contributed by atoms with Gasteiger partial charge in [-0.15, -0.1) is 0 Å². The number of Topliss-reactive ketones (excluding diaryl/α,β-unsaturated/α-hetero) is 1. The second-order valence-corrected chi connectivity index (χ2v) is 9.36. The molecule has 0 aromatic heterocycles. The Balaban J connectivity index is 1.96. The summed E-state index contributed by atoms with van der Waals surface area (Å²) in [5, 5.41) is 26.0. The number of hydrogen-bond donors (Lipinski definition) is 3. The molecule has 138 valence electrons. The largest absolute Gasteiger partial charge is 0.504 e. The molecule has 3 aliphatic heterocycles. The number of carbonyl (C=O) groups is 1. The summed E-state index contributed by atoms with van der Waals surface area (Å²) < 4.78 is 1.51. The molecule has 1 aromatic rings. The molecule has 0 amide bonds. The molecule has 1 aromatic carbocycles. The van der Waals surface area contributed by atoms with Crippen molar-refractivity contribution >= 4 is 75.1 Å². The predicted octanol–water partition coefficient (Wildman–Crippen LogP) is 2.52. The second kappa shape index (κ2) is 5.85. The van der Waals surface area contributed by atoms with Gasteiger partial charge in [0.1, 0.15) is 16.5 Å². The van der Waals surface area contributed by atoms with Gasteiger partial charge in [0.05, 0.1) is 20.0 Å². The highest BCUT2D eigenvalue weighted by molar-refractivity contribution is 9.18. The maximum Gasteiger partial charge on any atom is 0.206 e. The standard InChI is InChI=1S/C18H12Br3N3O3/c19-7-3-18(4-8(20)15(7)26)5-9(25)23-14-11(18)12-10-6(1-2-22-12)17(21)24-13(10)16(14)27/h3-4,9,23,25,27H,1-2,5H2. The van der Waals surface area contributed by atoms with Crippen molar-refractivity contribution in [1.29, 1.82) is 0 Å². The summed E-state index contributed by atoms with van der Waals surface area (Å²) in [6.07, 6.45) is 3.72. The molecule has 3 heterocycles. The number of aliphatic hydroxyl groups is 1. The van der Waals surface area contributed by atoms with Crippen LogP contribution in [0.2, 0.25) is 0 Å². The van der Waals surface area contributed by atoms with E-state index in [1.807, 2.05) is 0 Å². The lowest BCUT2D eigenvalue weighted by molar-refractivity contribution is -0.111. The average molecular weight is 558 g/mol. The molecule has 1 unspecified atom stereocenters. The van der Waals surface area contributed by atoms with E-state index in [0.717, 1.165) is 28.1 Å². The first-order valence-corrected chi connectivity index (χ1v) is 10.7. The fourth-order valence-corrected chi connectivity index (χ4v) is 6.36. The zero-order valence-electron chi connectivity index (χ0n) is 13.7. The Morgan fingerprint density at radius 3 is 2.63 bits per heavy atom. The van der Waals surface area contributed by atoms with Crippen molar-refractivity contribution in [2.75, 3.05) is 11.9 Å². The van der Waals surface area contributed by atoms with Crippen LogP contribution in [0, 0.1) is 0 Å². The highest BCUT2D eigenvalue weighted by Crippen LogP contribution is 2.49. The summed E-state index contributed by atoms with van der Waals surface area (Å²) in [5.74, 6) is -0.179. The highest BCUT2D eigenvalue weighted by atomic mass is 79.9. The van der Waals surface area contributed by atoms with Crippen LogP contribution in [0.3, 0.4) is 0 Å². The number of aliphatic hydroxyl groups excluding tert-OH is 1. The fraction of sp³-hybridized carbons (Fsp3) is 0.278. The number of ketones is 1. The summed E-state index contributed by atoms with van der Waals surface area (Å²) in [5.41, 5.74) is 1.84. The number of aromatic hydroxyl groups is 1. The Hall–Kier alpha value is -1.29. The number of halogens is 3. The summed E-state index contributed by atoms with van der Waals surface area (Å²) in [7, 11) is 0. The first-order valence-electron chi connectivity index (χ1n) is 8.30. The Morgan fingerprint density at radius 2 is 1.93 bits per heavy atom. The summed E-state index contributed by atoms with van der Waals surface area (Å²) in [6.45, 7) is 0.608. The quantitative estimate of drug-likeness (QED) is 0.427. The Morgan fingerprint density at radius 1 is 1.22 bits per heavy atom. The van der Waals surface area contributed by atoms with E-state index in [1.165, 1.54) is 0 Å². The number of phenolic OH excluding ortho intramolecular Hbond substituents is 1. The van der Waals surface area contributed by atoms with E-state index in [1.54, 1.807) is 12.2 Å². The number of benzene rings is 1. The molecule has 4 aliphatic rings. The van der Waals surface area contributed by atoms with E-state index in [0.29, 0.717) is 37.9 Å². The van der Waals surface area contributed by atoms with Gasteiger partial charge in [-0.05, 0) is 59.8 Å². The van der Waals surface area contributed by atoms with Gasteiger partial charge in [0, 0.05) is 29.2 Å². The van der Waals surface area contributed by atoms with E-state index in [4.69, 9.17) is 4.99 Å². The Labute approximate surface area is 178 Å². The molecule has 1 atom stereocenters. The van der Waals surface area contributed by atoms with Gasteiger partial charge in [0.15, 0.2) is 5.75 Å². The van der Waals surface area contributed by atoms with Crippen molar-refractivity contribution in [3.05, 3.63) is 37.3 Å². The minimum Gasteiger partial charge on any atom is -0.504 e. The molecular weight excluding hydrogens is 546 g/mol. The number of aliphatic imine (C=N–C) groups is 1. The van der Waals surface area contributed by atoms with Crippen LogP contribution in [0.5, 0.6) is 5.75 Å². The molecule has 9 heteroatoms.